The van der Waals surface area contributed by atoms with Gasteiger partial charge in [-0.1, -0.05) is 27.7 Å². The summed E-state index contributed by atoms with van der Waals surface area (Å²) in [5.74, 6) is 2.62. The Kier molecular flexibility index (Phi) is 4.61. The molecule has 4 nitrogen and oxygen atoms in total. The summed E-state index contributed by atoms with van der Waals surface area (Å²) in [6.45, 7) is 12.1. The van der Waals surface area contributed by atoms with Crippen LogP contribution in [0.3, 0.4) is 0 Å². The van der Waals surface area contributed by atoms with Gasteiger partial charge in [0.05, 0.1) is 0 Å². The lowest BCUT2D eigenvalue weighted by molar-refractivity contribution is 0.247. The predicted octanol–water partition coefficient (Wildman–Crippen LogP) is 2.50. The van der Waals surface area contributed by atoms with Crippen molar-refractivity contribution in [2.24, 2.45) is 17.3 Å². The number of aromatic nitrogens is 3. The average Bonchev–Trinajstić information content (AvgIpc) is 3.13. The first kappa shape index (κ1) is 14.5. The molecule has 19 heavy (non-hydrogen) atoms. The molecule has 0 radical (unpaired) electrons. The standard InChI is InChI=1S/C15H28N4/c1-5-16-10-15(4,13-6-7-13)8-14-17-11-18-19(14)9-12(2)3/h11-13,16H,5-10H2,1-4H3. The molecule has 4 heteroatoms. The van der Waals surface area contributed by atoms with Gasteiger partial charge in [-0.15, -0.1) is 0 Å². The van der Waals surface area contributed by atoms with Crippen LogP contribution in [0, 0.1) is 17.3 Å². The highest BCUT2D eigenvalue weighted by molar-refractivity contribution is 5.00. The SMILES string of the molecule is CCNCC(C)(Cc1ncnn1CC(C)C)C1CC1. The Hall–Kier alpha value is -0.900. The third-order valence-corrected chi connectivity index (χ3v) is 4.14. The van der Waals surface area contributed by atoms with Crippen LogP contribution in [0.4, 0.5) is 0 Å². The number of hydrogen-bond donors (Lipinski definition) is 1. The second kappa shape index (κ2) is 6.04. The third kappa shape index (κ3) is 3.78. The van der Waals surface area contributed by atoms with Gasteiger partial charge in [0.15, 0.2) is 0 Å². The van der Waals surface area contributed by atoms with Gasteiger partial charge in [-0.25, -0.2) is 9.67 Å². The Bertz CT molecular complexity index is 395. The zero-order valence-electron chi connectivity index (χ0n) is 12.8. The van der Waals surface area contributed by atoms with Gasteiger partial charge in [0.25, 0.3) is 0 Å². The van der Waals surface area contributed by atoms with Crippen LogP contribution in [0.1, 0.15) is 46.4 Å². The molecule has 108 valence electrons. The van der Waals surface area contributed by atoms with Gasteiger partial charge in [0.2, 0.25) is 0 Å². The van der Waals surface area contributed by atoms with E-state index in [2.05, 4.69) is 47.8 Å². The van der Waals surface area contributed by atoms with E-state index in [0.29, 0.717) is 11.3 Å². The number of rotatable bonds is 8. The monoisotopic (exact) mass is 264 g/mol. The van der Waals surface area contributed by atoms with Crippen LogP contribution in [0.15, 0.2) is 6.33 Å². The molecule has 1 atom stereocenters. The van der Waals surface area contributed by atoms with Gasteiger partial charge < -0.3 is 5.32 Å². The van der Waals surface area contributed by atoms with E-state index < -0.39 is 0 Å². The Balaban J connectivity index is 2.06. The number of nitrogens with zero attached hydrogens (tertiary/aromatic N) is 3. The van der Waals surface area contributed by atoms with Crippen molar-refractivity contribution < 1.29 is 0 Å². The Morgan fingerprint density at radius 1 is 1.47 bits per heavy atom. The molecule has 0 aromatic carbocycles. The fourth-order valence-corrected chi connectivity index (χ4v) is 2.83. The van der Waals surface area contributed by atoms with Crippen molar-refractivity contribution in [2.75, 3.05) is 13.1 Å². The molecule has 1 saturated carbocycles. The maximum absolute atomic E-state index is 4.50. The van der Waals surface area contributed by atoms with Crippen molar-refractivity contribution in [3.05, 3.63) is 12.2 Å². The zero-order valence-corrected chi connectivity index (χ0v) is 12.8. The quantitative estimate of drug-likeness (QED) is 0.784. The molecule has 0 spiro atoms. The van der Waals surface area contributed by atoms with Crippen LogP contribution < -0.4 is 5.32 Å². The highest BCUT2D eigenvalue weighted by Crippen LogP contribution is 2.46. The van der Waals surface area contributed by atoms with Gasteiger partial charge in [-0.05, 0) is 36.6 Å². The molecule has 0 aliphatic heterocycles. The first-order valence-corrected chi connectivity index (χ1v) is 7.62. The molecule has 0 saturated heterocycles. The van der Waals surface area contributed by atoms with E-state index >= 15 is 0 Å². The van der Waals surface area contributed by atoms with E-state index in [0.717, 1.165) is 37.8 Å². The number of hydrogen-bond acceptors (Lipinski definition) is 3. The fraction of sp³-hybridized carbons (Fsp3) is 0.867. The lowest BCUT2D eigenvalue weighted by Gasteiger charge is -2.30. The van der Waals surface area contributed by atoms with Crippen molar-refractivity contribution >= 4 is 0 Å². The molecule has 1 aromatic rings. The summed E-state index contributed by atoms with van der Waals surface area (Å²) in [5, 5.41) is 7.91. The van der Waals surface area contributed by atoms with E-state index in [-0.39, 0.29) is 0 Å². The minimum absolute atomic E-state index is 0.331. The van der Waals surface area contributed by atoms with Crippen LogP contribution in [0.5, 0.6) is 0 Å². The largest absolute Gasteiger partial charge is 0.316 e. The van der Waals surface area contributed by atoms with Crippen LogP contribution in [0.25, 0.3) is 0 Å². The van der Waals surface area contributed by atoms with Gasteiger partial charge in [0.1, 0.15) is 12.2 Å². The molecule has 1 N–H and O–H groups in total. The summed E-state index contributed by atoms with van der Waals surface area (Å²) >= 11 is 0. The molecule has 1 fully saturated rings. The summed E-state index contributed by atoms with van der Waals surface area (Å²) in [6, 6.07) is 0. The van der Waals surface area contributed by atoms with Gasteiger partial charge in [0, 0.05) is 19.5 Å². The Morgan fingerprint density at radius 3 is 2.79 bits per heavy atom. The molecule has 0 amide bonds. The topological polar surface area (TPSA) is 42.7 Å². The van der Waals surface area contributed by atoms with Crippen molar-refractivity contribution in [2.45, 2.75) is 53.5 Å². The van der Waals surface area contributed by atoms with Crippen molar-refractivity contribution in [3.8, 4) is 0 Å². The van der Waals surface area contributed by atoms with Gasteiger partial charge in [-0.3, -0.25) is 0 Å². The fourth-order valence-electron chi connectivity index (χ4n) is 2.83. The minimum atomic E-state index is 0.331. The molecule has 1 aromatic heterocycles. The maximum atomic E-state index is 4.50. The van der Waals surface area contributed by atoms with E-state index in [1.54, 1.807) is 6.33 Å². The second-order valence-corrected chi connectivity index (χ2v) is 6.64. The summed E-state index contributed by atoms with van der Waals surface area (Å²) in [4.78, 5) is 4.50. The molecular formula is C15H28N4. The Labute approximate surface area is 117 Å². The normalized spacial score (nSPS) is 18.8. The smallest absolute Gasteiger partial charge is 0.138 e. The van der Waals surface area contributed by atoms with E-state index in [9.17, 15) is 0 Å². The predicted molar refractivity (Wildman–Crippen MR) is 77.9 cm³/mol. The highest BCUT2D eigenvalue weighted by Gasteiger charge is 2.41. The van der Waals surface area contributed by atoms with E-state index in [1.807, 2.05) is 0 Å². The highest BCUT2D eigenvalue weighted by atomic mass is 15.3. The average molecular weight is 264 g/mol. The molecule has 1 unspecified atom stereocenters. The van der Waals surface area contributed by atoms with Crippen LogP contribution in [-0.2, 0) is 13.0 Å². The van der Waals surface area contributed by atoms with Gasteiger partial charge >= 0.3 is 0 Å². The summed E-state index contributed by atoms with van der Waals surface area (Å²) in [7, 11) is 0. The molecule has 0 bridgehead atoms. The van der Waals surface area contributed by atoms with E-state index in [4.69, 9.17) is 0 Å². The second-order valence-electron chi connectivity index (χ2n) is 6.64. The van der Waals surface area contributed by atoms with Crippen LogP contribution in [0.2, 0.25) is 0 Å². The molecule has 1 heterocycles. The zero-order chi connectivity index (χ0) is 13.9. The van der Waals surface area contributed by atoms with Crippen LogP contribution >= 0.6 is 0 Å². The van der Waals surface area contributed by atoms with Gasteiger partial charge in [-0.2, -0.15) is 5.10 Å². The summed E-state index contributed by atoms with van der Waals surface area (Å²) < 4.78 is 2.09. The van der Waals surface area contributed by atoms with Crippen molar-refractivity contribution in [1.82, 2.24) is 20.1 Å². The van der Waals surface area contributed by atoms with Crippen molar-refractivity contribution in [1.29, 1.82) is 0 Å². The Morgan fingerprint density at radius 2 is 2.21 bits per heavy atom. The lowest BCUT2D eigenvalue weighted by atomic mass is 9.81. The molecule has 1 aliphatic rings. The molecular weight excluding hydrogens is 236 g/mol. The molecule has 1 aliphatic carbocycles. The number of nitrogens with one attached hydrogen (secondary N) is 1. The van der Waals surface area contributed by atoms with Crippen molar-refractivity contribution in [3.63, 3.8) is 0 Å². The van der Waals surface area contributed by atoms with Crippen LogP contribution in [-0.4, -0.2) is 27.9 Å². The van der Waals surface area contributed by atoms with E-state index in [1.165, 1.54) is 12.8 Å². The lowest BCUT2D eigenvalue weighted by Crippen LogP contribution is -2.36. The minimum Gasteiger partial charge on any atom is -0.316 e. The first-order valence-electron chi connectivity index (χ1n) is 7.62. The maximum Gasteiger partial charge on any atom is 0.138 e. The third-order valence-electron chi connectivity index (χ3n) is 4.14. The first-order chi connectivity index (χ1) is 9.05. The summed E-state index contributed by atoms with van der Waals surface area (Å²) in [6.07, 6.45) is 5.50. The summed E-state index contributed by atoms with van der Waals surface area (Å²) in [5.41, 5.74) is 0.331. The molecule has 2 rings (SSSR count).